The van der Waals surface area contributed by atoms with Crippen molar-refractivity contribution >= 4 is 5.78 Å². The van der Waals surface area contributed by atoms with Crippen molar-refractivity contribution in [2.24, 2.45) is 40.4 Å². The van der Waals surface area contributed by atoms with Gasteiger partial charge in [-0.15, -0.1) is 0 Å². The van der Waals surface area contributed by atoms with Gasteiger partial charge < -0.3 is 19.7 Å². The molecule has 0 aromatic rings. The van der Waals surface area contributed by atoms with Crippen molar-refractivity contribution in [3.63, 3.8) is 0 Å². The number of likely N-dealkylation sites (tertiary alicyclic amines) is 1. The number of piperidine rings is 1. The van der Waals surface area contributed by atoms with E-state index in [0.29, 0.717) is 18.9 Å². The molecule has 5 aliphatic carbocycles. The molecular weight excluding hydrogens is 370 g/mol. The number of carbonyl (C=O) groups is 1. The van der Waals surface area contributed by atoms with Crippen molar-refractivity contribution in [1.29, 1.82) is 0 Å². The van der Waals surface area contributed by atoms with Gasteiger partial charge in [0.2, 0.25) is 0 Å². The van der Waals surface area contributed by atoms with Gasteiger partial charge in [0.25, 0.3) is 0 Å². The van der Waals surface area contributed by atoms with Gasteiger partial charge in [-0.1, -0.05) is 6.92 Å². The Morgan fingerprint density at radius 2 is 2.03 bits per heavy atom. The van der Waals surface area contributed by atoms with Crippen molar-refractivity contribution in [2.75, 3.05) is 33.9 Å². The van der Waals surface area contributed by atoms with Crippen LogP contribution in [0.3, 0.4) is 0 Å². The van der Waals surface area contributed by atoms with Crippen LogP contribution in [-0.2, 0) is 14.3 Å². The normalized spacial score (nSPS) is 60.0. The predicted molar refractivity (Wildman–Crippen MR) is 105 cm³/mol. The third-order valence-corrected chi connectivity index (χ3v) is 10.7. The molecule has 162 valence electrons. The third kappa shape index (κ3) is 1.88. The number of methoxy groups -OCH3 is 2. The fourth-order valence-corrected chi connectivity index (χ4v) is 10.1. The predicted octanol–water partition coefficient (Wildman–Crippen LogP) is 1.09. The molecule has 7 bridgehead atoms. The zero-order valence-corrected chi connectivity index (χ0v) is 17.8. The van der Waals surface area contributed by atoms with E-state index in [4.69, 9.17) is 9.47 Å². The van der Waals surface area contributed by atoms with E-state index in [1.54, 1.807) is 14.2 Å². The molecule has 2 N–H and O–H groups in total. The van der Waals surface area contributed by atoms with Crippen LogP contribution in [0.1, 0.15) is 39.0 Å². The van der Waals surface area contributed by atoms with Crippen molar-refractivity contribution in [3.8, 4) is 0 Å². The highest BCUT2D eigenvalue weighted by molar-refractivity contribution is 5.89. The molecule has 11 unspecified atom stereocenters. The first kappa shape index (κ1) is 19.2. The van der Waals surface area contributed by atoms with Gasteiger partial charge in [-0.05, 0) is 44.1 Å². The summed E-state index contributed by atoms with van der Waals surface area (Å²) in [7, 11) is 3.47. The zero-order chi connectivity index (χ0) is 20.3. The second-order valence-electron chi connectivity index (χ2n) is 11.1. The van der Waals surface area contributed by atoms with Crippen LogP contribution in [0.4, 0.5) is 0 Å². The smallest absolute Gasteiger partial charge is 0.144 e. The summed E-state index contributed by atoms with van der Waals surface area (Å²) in [6.45, 7) is 4.79. The van der Waals surface area contributed by atoms with Crippen molar-refractivity contribution in [2.45, 2.75) is 62.9 Å². The first-order chi connectivity index (χ1) is 13.9. The molecule has 6 nitrogen and oxygen atoms in total. The molecule has 6 aliphatic rings. The summed E-state index contributed by atoms with van der Waals surface area (Å²) < 4.78 is 11.5. The lowest BCUT2D eigenvalue weighted by Crippen LogP contribution is -2.76. The van der Waals surface area contributed by atoms with E-state index < -0.39 is 11.7 Å². The average Bonchev–Trinajstić information content (AvgIpc) is 3.13. The highest BCUT2D eigenvalue weighted by Gasteiger charge is 2.83. The molecule has 1 heterocycles. The Balaban J connectivity index is 1.58. The molecule has 0 aromatic heterocycles. The lowest BCUT2D eigenvalue weighted by molar-refractivity contribution is -0.257. The van der Waals surface area contributed by atoms with Gasteiger partial charge in [0.15, 0.2) is 0 Å². The van der Waals surface area contributed by atoms with E-state index >= 15 is 0 Å². The van der Waals surface area contributed by atoms with E-state index in [1.807, 2.05) is 0 Å². The number of fused-ring (bicyclic) bond motifs is 2. The Morgan fingerprint density at radius 1 is 1.24 bits per heavy atom. The Bertz CT molecular complexity index is 745. The number of aliphatic hydroxyl groups excluding tert-OH is 1. The van der Waals surface area contributed by atoms with E-state index in [-0.39, 0.29) is 52.4 Å². The first-order valence-electron chi connectivity index (χ1n) is 11.6. The molecule has 6 heteroatoms. The number of ether oxygens (including phenoxy) is 2. The molecule has 1 saturated heterocycles. The van der Waals surface area contributed by atoms with Gasteiger partial charge in [-0.2, -0.15) is 0 Å². The summed E-state index contributed by atoms with van der Waals surface area (Å²) in [5.41, 5.74) is -1.27. The van der Waals surface area contributed by atoms with E-state index in [1.165, 1.54) is 0 Å². The largest absolute Gasteiger partial charge is 0.392 e. The van der Waals surface area contributed by atoms with E-state index in [0.717, 1.165) is 38.8 Å². The monoisotopic (exact) mass is 405 g/mol. The van der Waals surface area contributed by atoms with Crippen LogP contribution in [0.15, 0.2) is 0 Å². The molecule has 6 rings (SSSR count). The van der Waals surface area contributed by atoms with Crippen LogP contribution in [0, 0.1) is 40.4 Å². The first-order valence-corrected chi connectivity index (χ1v) is 11.6. The van der Waals surface area contributed by atoms with Gasteiger partial charge in [-0.3, -0.25) is 9.69 Å². The molecule has 0 radical (unpaired) electrons. The minimum atomic E-state index is -1.00. The maximum absolute atomic E-state index is 13.5. The zero-order valence-electron chi connectivity index (χ0n) is 17.8. The summed E-state index contributed by atoms with van der Waals surface area (Å²) >= 11 is 0. The summed E-state index contributed by atoms with van der Waals surface area (Å²) in [5.74, 6) is 0.169. The number of carbonyl (C=O) groups excluding carboxylic acids is 1. The minimum absolute atomic E-state index is 0.0199. The number of hydrogen-bond donors (Lipinski definition) is 2. The fourth-order valence-electron chi connectivity index (χ4n) is 10.1. The van der Waals surface area contributed by atoms with Gasteiger partial charge in [0.05, 0.1) is 30.3 Å². The molecule has 11 atom stereocenters. The van der Waals surface area contributed by atoms with Crippen LogP contribution in [0.25, 0.3) is 0 Å². The third-order valence-electron chi connectivity index (χ3n) is 10.7. The van der Waals surface area contributed by atoms with Crippen LogP contribution in [-0.4, -0.2) is 78.7 Å². The molecule has 29 heavy (non-hydrogen) atoms. The SMILES string of the molecule is CCN1CC2(COC)CCC(O)C34C5CC6C(=O)C5C(O)(CC6OC)C(CC23)C14. The summed E-state index contributed by atoms with van der Waals surface area (Å²) in [6.07, 6.45) is 3.40. The summed E-state index contributed by atoms with van der Waals surface area (Å²) in [5, 5.41) is 23.8. The van der Waals surface area contributed by atoms with Gasteiger partial charge in [-0.25, -0.2) is 0 Å². The van der Waals surface area contributed by atoms with Crippen LogP contribution in [0.2, 0.25) is 0 Å². The topological polar surface area (TPSA) is 79.2 Å². The minimum Gasteiger partial charge on any atom is -0.392 e. The Kier molecular flexibility index (Phi) is 3.85. The molecule has 1 aliphatic heterocycles. The van der Waals surface area contributed by atoms with E-state index in [9.17, 15) is 15.0 Å². The van der Waals surface area contributed by atoms with Crippen LogP contribution >= 0.6 is 0 Å². The molecule has 0 amide bonds. The summed E-state index contributed by atoms with van der Waals surface area (Å²) in [6, 6.07) is 0.159. The number of aliphatic hydroxyl groups is 2. The van der Waals surface area contributed by atoms with Crippen molar-refractivity contribution in [1.82, 2.24) is 4.90 Å². The second kappa shape index (κ2) is 5.83. The quantitative estimate of drug-likeness (QED) is 0.729. The number of nitrogens with zero attached hydrogens (tertiary/aromatic N) is 1. The second-order valence-corrected chi connectivity index (χ2v) is 11.1. The van der Waals surface area contributed by atoms with Crippen LogP contribution in [0.5, 0.6) is 0 Å². The molecule has 6 fully saturated rings. The number of hydrogen-bond acceptors (Lipinski definition) is 6. The van der Waals surface area contributed by atoms with Crippen LogP contribution < -0.4 is 0 Å². The molecule has 5 saturated carbocycles. The fraction of sp³-hybridized carbons (Fsp3) is 0.957. The lowest BCUT2D eigenvalue weighted by atomic mass is 9.43. The number of Topliss-reactive ketones (excluding diaryl/α,β-unsaturated/α-hetero) is 1. The lowest BCUT2D eigenvalue weighted by Gasteiger charge is -2.68. The molecular formula is C23H35NO5. The van der Waals surface area contributed by atoms with Gasteiger partial charge in [0, 0.05) is 55.9 Å². The maximum atomic E-state index is 13.5. The number of rotatable bonds is 4. The van der Waals surface area contributed by atoms with E-state index in [2.05, 4.69) is 11.8 Å². The summed E-state index contributed by atoms with van der Waals surface area (Å²) in [4.78, 5) is 16.0. The highest BCUT2D eigenvalue weighted by atomic mass is 16.5. The van der Waals surface area contributed by atoms with Gasteiger partial charge in [0.1, 0.15) is 5.78 Å². The standard InChI is InChI=1S/C23H35NO5/c1-4-24-10-21(11-28-2)6-5-17(25)23-13-7-12-15(29-3)9-22(27,18(13)19(12)26)14(20(23)24)8-16(21)23/h12-18,20,25,27H,4-11H2,1-3H3. The number of ketones is 1. The molecule has 0 aromatic carbocycles. The maximum Gasteiger partial charge on any atom is 0.144 e. The Hall–Kier alpha value is -0.530. The highest BCUT2D eigenvalue weighted by Crippen LogP contribution is 2.78. The average molecular weight is 406 g/mol. The van der Waals surface area contributed by atoms with Crippen molar-refractivity contribution < 1.29 is 24.5 Å². The Labute approximate surface area is 172 Å². The van der Waals surface area contributed by atoms with Gasteiger partial charge >= 0.3 is 0 Å². The molecule has 1 spiro atoms. The van der Waals surface area contributed by atoms with Crippen molar-refractivity contribution in [3.05, 3.63) is 0 Å². The Morgan fingerprint density at radius 3 is 2.72 bits per heavy atom.